The normalized spacial score (nSPS) is 13.4. The lowest BCUT2D eigenvalue weighted by Gasteiger charge is -2.17. The molecule has 1 heterocycles. The highest BCUT2D eigenvalue weighted by Crippen LogP contribution is 2.27. The predicted octanol–water partition coefficient (Wildman–Crippen LogP) is 10.6. The highest BCUT2D eigenvalue weighted by Gasteiger charge is 2.27. The zero-order valence-electron chi connectivity index (χ0n) is 24.7. The Morgan fingerprint density at radius 3 is 1.95 bits per heavy atom. The quantitative estimate of drug-likeness (QED) is 0.110. The zero-order chi connectivity index (χ0) is 27.0. The molecule has 0 N–H and O–H groups in total. The molecule has 2 aromatic carbocycles. The van der Waals surface area contributed by atoms with Crippen molar-refractivity contribution >= 4 is 33.3 Å². The van der Waals surface area contributed by atoms with Crippen LogP contribution < -0.4 is 9.47 Å². The molecule has 0 fully saturated rings. The largest absolute Gasteiger partial charge is 0.378 e. The fourth-order valence-electron chi connectivity index (χ4n) is 5.50. The third-order valence-electron chi connectivity index (χ3n) is 8.01. The number of para-hydroxylation sites is 1. The molecular formula is C35H53N2S+. The first-order valence-electron chi connectivity index (χ1n) is 15.4. The molecule has 0 aliphatic rings. The molecule has 208 valence electrons. The third kappa shape index (κ3) is 10.2. The van der Waals surface area contributed by atoms with Crippen molar-refractivity contribution in [3.05, 3.63) is 65.7 Å². The van der Waals surface area contributed by atoms with E-state index in [0.29, 0.717) is 12.0 Å². The van der Waals surface area contributed by atoms with Gasteiger partial charge >= 0.3 is 0 Å². The molecule has 0 radical (unpaired) electrons. The summed E-state index contributed by atoms with van der Waals surface area (Å²) in [5.41, 5.74) is 6.26. The maximum atomic E-state index is 2.56. The highest BCUT2D eigenvalue weighted by molar-refractivity contribution is 7.16. The SMILES string of the molecule is CCCCCCCCCCCCCCCC(C(C)C=Cc1ccc(N(C)C)cc1)[n+]1csc2ccccc21. The lowest BCUT2D eigenvalue weighted by Crippen LogP contribution is -2.41. The Kier molecular flexibility index (Phi) is 14.0. The summed E-state index contributed by atoms with van der Waals surface area (Å²) in [6.07, 6.45) is 24.3. The van der Waals surface area contributed by atoms with E-state index < -0.39 is 0 Å². The van der Waals surface area contributed by atoms with E-state index in [1.165, 1.54) is 111 Å². The maximum Gasteiger partial charge on any atom is 0.226 e. The van der Waals surface area contributed by atoms with E-state index >= 15 is 0 Å². The van der Waals surface area contributed by atoms with Gasteiger partial charge in [0.25, 0.3) is 0 Å². The molecule has 3 heteroatoms. The van der Waals surface area contributed by atoms with Crippen molar-refractivity contribution in [2.24, 2.45) is 5.92 Å². The van der Waals surface area contributed by atoms with Crippen molar-refractivity contribution < 1.29 is 4.57 Å². The number of unbranched alkanes of at least 4 members (excludes halogenated alkanes) is 12. The van der Waals surface area contributed by atoms with Crippen molar-refractivity contribution in [1.82, 2.24) is 0 Å². The summed E-state index contributed by atoms with van der Waals surface area (Å²) in [5, 5.41) is 0. The topological polar surface area (TPSA) is 7.12 Å². The van der Waals surface area contributed by atoms with Crippen molar-refractivity contribution in [3.63, 3.8) is 0 Å². The van der Waals surface area contributed by atoms with Gasteiger partial charge in [-0.15, -0.1) is 0 Å². The molecule has 3 aromatic rings. The summed E-state index contributed by atoms with van der Waals surface area (Å²) in [6, 6.07) is 18.3. The lowest BCUT2D eigenvalue weighted by molar-refractivity contribution is -0.700. The van der Waals surface area contributed by atoms with Crippen LogP contribution in [0.1, 0.15) is 115 Å². The van der Waals surface area contributed by atoms with Crippen LogP contribution in [-0.4, -0.2) is 14.1 Å². The van der Waals surface area contributed by atoms with Crippen LogP contribution in [0.3, 0.4) is 0 Å². The first-order valence-corrected chi connectivity index (χ1v) is 16.3. The van der Waals surface area contributed by atoms with Crippen LogP contribution >= 0.6 is 11.3 Å². The van der Waals surface area contributed by atoms with Crippen LogP contribution in [0.4, 0.5) is 5.69 Å². The molecular weight excluding hydrogens is 480 g/mol. The number of aromatic nitrogens is 1. The number of rotatable bonds is 19. The van der Waals surface area contributed by atoms with Crippen molar-refractivity contribution in [1.29, 1.82) is 0 Å². The number of nitrogens with zero attached hydrogens (tertiary/aromatic N) is 2. The summed E-state index contributed by atoms with van der Waals surface area (Å²) in [7, 11) is 4.19. The van der Waals surface area contributed by atoms with Gasteiger partial charge in [0.1, 0.15) is 4.70 Å². The van der Waals surface area contributed by atoms with Gasteiger partial charge in [-0.05, 0) is 30.2 Å². The molecule has 0 bridgehead atoms. The molecule has 2 unspecified atom stereocenters. The predicted molar refractivity (Wildman–Crippen MR) is 170 cm³/mol. The van der Waals surface area contributed by atoms with Crippen LogP contribution in [0.15, 0.2) is 60.1 Å². The third-order valence-corrected chi connectivity index (χ3v) is 8.94. The number of anilines is 1. The molecule has 0 aliphatic heterocycles. The fraction of sp³-hybridized carbons (Fsp3) is 0.571. The molecule has 0 saturated carbocycles. The number of benzene rings is 2. The summed E-state index contributed by atoms with van der Waals surface area (Å²) in [4.78, 5) is 2.15. The second-order valence-electron chi connectivity index (χ2n) is 11.4. The van der Waals surface area contributed by atoms with E-state index in [-0.39, 0.29) is 0 Å². The van der Waals surface area contributed by atoms with Gasteiger partial charge in [0.15, 0.2) is 6.04 Å². The van der Waals surface area contributed by atoms with E-state index in [1.54, 1.807) is 0 Å². The number of thiazole rings is 1. The Bertz CT molecular complexity index is 1050. The van der Waals surface area contributed by atoms with Crippen LogP contribution in [0.5, 0.6) is 0 Å². The molecule has 2 nitrogen and oxygen atoms in total. The Labute approximate surface area is 237 Å². The van der Waals surface area contributed by atoms with E-state index in [2.05, 4.69) is 104 Å². The Morgan fingerprint density at radius 2 is 1.34 bits per heavy atom. The average molecular weight is 534 g/mol. The minimum Gasteiger partial charge on any atom is -0.378 e. The van der Waals surface area contributed by atoms with Crippen molar-refractivity contribution in [3.8, 4) is 0 Å². The lowest BCUT2D eigenvalue weighted by atomic mass is 9.94. The second kappa shape index (κ2) is 17.5. The Balaban J connectivity index is 1.47. The Hall–Kier alpha value is -2.13. The summed E-state index contributed by atoms with van der Waals surface area (Å²) in [6.45, 7) is 4.70. The fourth-order valence-corrected chi connectivity index (χ4v) is 6.45. The number of allylic oxidation sites excluding steroid dienone is 1. The van der Waals surface area contributed by atoms with Crippen LogP contribution in [0.2, 0.25) is 0 Å². The molecule has 0 spiro atoms. The molecule has 0 saturated heterocycles. The molecule has 38 heavy (non-hydrogen) atoms. The molecule has 0 amide bonds. The van der Waals surface area contributed by atoms with E-state index in [4.69, 9.17) is 0 Å². The standard InChI is InChI=1S/C35H53N2S/c1-5-6-7-8-9-10-11-12-13-14-15-16-17-20-33(37-29-38-35-22-19-18-21-34(35)37)30(2)23-24-31-25-27-32(28-26-31)36(3)4/h18-19,21-30,33H,5-17,20H2,1-4H3/q+1. The molecule has 1 aromatic heterocycles. The van der Waals surface area contributed by atoms with Crippen LogP contribution in [-0.2, 0) is 0 Å². The van der Waals surface area contributed by atoms with Gasteiger partial charge in [-0.25, -0.2) is 0 Å². The smallest absolute Gasteiger partial charge is 0.226 e. The van der Waals surface area contributed by atoms with Gasteiger partial charge < -0.3 is 4.90 Å². The van der Waals surface area contributed by atoms with Crippen molar-refractivity contribution in [2.45, 2.75) is 110 Å². The zero-order valence-corrected chi connectivity index (χ0v) is 25.5. The maximum absolute atomic E-state index is 2.56. The second-order valence-corrected chi connectivity index (χ2v) is 12.3. The summed E-state index contributed by atoms with van der Waals surface area (Å²) in [5.74, 6) is 0.476. The van der Waals surface area contributed by atoms with E-state index in [0.717, 1.165) is 0 Å². The Morgan fingerprint density at radius 1 is 0.763 bits per heavy atom. The average Bonchev–Trinajstić information content (AvgIpc) is 3.36. The number of fused-ring (bicyclic) bond motifs is 1. The van der Waals surface area contributed by atoms with Crippen LogP contribution in [0, 0.1) is 5.92 Å². The van der Waals surface area contributed by atoms with Crippen molar-refractivity contribution in [2.75, 3.05) is 19.0 Å². The molecule has 0 aliphatic carbocycles. The van der Waals surface area contributed by atoms with Gasteiger partial charge in [0.2, 0.25) is 11.0 Å². The highest BCUT2D eigenvalue weighted by atomic mass is 32.1. The van der Waals surface area contributed by atoms with Gasteiger partial charge in [-0.2, -0.15) is 4.57 Å². The first-order chi connectivity index (χ1) is 18.6. The minimum atomic E-state index is 0.476. The minimum absolute atomic E-state index is 0.476. The molecule has 2 atom stereocenters. The van der Waals surface area contributed by atoms with Gasteiger partial charge in [0.05, 0.1) is 0 Å². The van der Waals surface area contributed by atoms with Gasteiger partial charge in [-0.1, -0.05) is 139 Å². The van der Waals surface area contributed by atoms with Crippen LogP contribution in [0.25, 0.3) is 16.3 Å². The number of hydrogen-bond acceptors (Lipinski definition) is 2. The van der Waals surface area contributed by atoms with Gasteiger partial charge in [-0.3, -0.25) is 0 Å². The van der Waals surface area contributed by atoms with Gasteiger partial charge in [0, 0.05) is 38.2 Å². The van der Waals surface area contributed by atoms with E-state index in [1.807, 2.05) is 11.3 Å². The molecule has 3 rings (SSSR count). The summed E-state index contributed by atoms with van der Waals surface area (Å²) >= 11 is 1.87. The monoisotopic (exact) mass is 533 g/mol. The first kappa shape index (κ1) is 30.4. The summed E-state index contributed by atoms with van der Waals surface area (Å²) < 4.78 is 3.95. The van der Waals surface area contributed by atoms with E-state index in [9.17, 15) is 0 Å². The number of hydrogen-bond donors (Lipinski definition) is 0.